The molecule has 3 aromatic carbocycles. The number of pyridine rings is 1. The summed E-state index contributed by atoms with van der Waals surface area (Å²) in [6.45, 7) is 3.24. The van der Waals surface area contributed by atoms with Gasteiger partial charge in [0, 0.05) is 55.2 Å². The number of nitrogens with zero attached hydrogens (tertiary/aromatic N) is 4. The Morgan fingerprint density at radius 3 is 2.33 bits per heavy atom. The zero-order valence-electron chi connectivity index (χ0n) is 21.2. The highest BCUT2D eigenvalue weighted by Gasteiger charge is 2.24. The van der Waals surface area contributed by atoms with Crippen LogP contribution in [-0.2, 0) is 6.54 Å². The van der Waals surface area contributed by atoms with Gasteiger partial charge in [0.05, 0.1) is 11.4 Å². The Labute approximate surface area is 231 Å². The SMILES string of the molecule is O=C(Nc1cccc(F)c1)N1CCN(Cc2c(-c3ccc(Cl)cc3)nc3ccc(-c4ccccc4)cn23)CC1. The predicted molar refractivity (Wildman–Crippen MR) is 153 cm³/mol. The van der Waals surface area contributed by atoms with Crippen molar-refractivity contribution in [3.63, 3.8) is 0 Å². The molecule has 2 aromatic heterocycles. The molecule has 0 aliphatic carbocycles. The molecule has 1 N–H and O–H groups in total. The first-order chi connectivity index (χ1) is 19.0. The smallest absolute Gasteiger partial charge is 0.321 e. The van der Waals surface area contributed by atoms with Crippen LogP contribution in [0, 0.1) is 5.82 Å². The topological polar surface area (TPSA) is 52.9 Å². The Morgan fingerprint density at radius 2 is 1.59 bits per heavy atom. The summed E-state index contributed by atoms with van der Waals surface area (Å²) < 4.78 is 15.7. The molecule has 6 rings (SSSR count). The van der Waals surface area contributed by atoms with E-state index in [0.29, 0.717) is 43.4 Å². The molecule has 0 atom stereocenters. The van der Waals surface area contributed by atoms with E-state index < -0.39 is 0 Å². The number of carbonyl (C=O) groups is 1. The Bertz CT molecular complexity index is 1610. The van der Waals surface area contributed by atoms with E-state index in [1.165, 1.54) is 12.1 Å². The van der Waals surface area contributed by atoms with Gasteiger partial charge in [-0.3, -0.25) is 4.90 Å². The van der Waals surface area contributed by atoms with Crippen LogP contribution in [-0.4, -0.2) is 51.4 Å². The van der Waals surface area contributed by atoms with Gasteiger partial charge in [0.25, 0.3) is 0 Å². The number of hydrogen-bond donors (Lipinski definition) is 1. The maximum Gasteiger partial charge on any atom is 0.321 e. The quantitative estimate of drug-likeness (QED) is 0.267. The Hall–Kier alpha value is -4.20. The summed E-state index contributed by atoms with van der Waals surface area (Å²) in [5.41, 5.74) is 6.60. The molecule has 8 heteroatoms. The largest absolute Gasteiger partial charge is 0.322 e. The minimum Gasteiger partial charge on any atom is -0.322 e. The molecule has 0 spiro atoms. The highest BCUT2D eigenvalue weighted by molar-refractivity contribution is 6.30. The fraction of sp³-hybridized carbons (Fsp3) is 0.161. The fourth-order valence-electron chi connectivity index (χ4n) is 4.97. The minimum atomic E-state index is -0.377. The molecule has 196 valence electrons. The normalized spacial score (nSPS) is 14.1. The standard InChI is InChI=1S/C31H27ClFN5O/c32-25-12-9-23(10-13-25)30-28(38-20-24(11-14-29(38)35-30)22-5-2-1-3-6-22)21-36-15-17-37(18-16-36)31(39)34-27-8-4-7-26(33)19-27/h1-14,19-20H,15-18,21H2,(H,34,39). The van der Waals surface area contributed by atoms with Crippen molar-refractivity contribution in [2.45, 2.75) is 6.54 Å². The van der Waals surface area contributed by atoms with Crippen LogP contribution in [0.4, 0.5) is 14.9 Å². The molecule has 1 aliphatic rings. The first-order valence-corrected chi connectivity index (χ1v) is 13.3. The average molecular weight is 540 g/mol. The predicted octanol–water partition coefficient (Wildman–Crippen LogP) is 6.81. The van der Waals surface area contributed by atoms with E-state index in [9.17, 15) is 9.18 Å². The number of halogens is 2. The van der Waals surface area contributed by atoms with Crippen LogP contribution in [0.5, 0.6) is 0 Å². The van der Waals surface area contributed by atoms with Crippen LogP contribution in [0.1, 0.15) is 5.69 Å². The Balaban J connectivity index is 1.25. The van der Waals surface area contributed by atoms with Gasteiger partial charge in [-0.25, -0.2) is 14.2 Å². The molecule has 5 aromatic rings. The number of hydrogen-bond acceptors (Lipinski definition) is 3. The third kappa shape index (κ3) is 5.50. The number of imidazole rings is 1. The maximum atomic E-state index is 13.5. The van der Waals surface area contributed by atoms with Crippen molar-refractivity contribution in [3.8, 4) is 22.4 Å². The molecule has 0 radical (unpaired) electrons. The van der Waals surface area contributed by atoms with Crippen molar-refractivity contribution in [1.29, 1.82) is 0 Å². The lowest BCUT2D eigenvalue weighted by molar-refractivity contribution is 0.142. The second-order valence-corrected chi connectivity index (χ2v) is 10.1. The number of aromatic nitrogens is 2. The van der Waals surface area contributed by atoms with Crippen LogP contribution in [0.3, 0.4) is 0 Å². The molecule has 39 heavy (non-hydrogen) atoms. The number of carbonyl (C=O) groups excluding carboxylic acids is 1. The number of amides is 2. The van der Waals surface area contributed by atoms with Crippen LogP contribution >= 0.6 is 11.6 Å². The summed E-state index contributed by atoms with van der Waals surface area (Å²) in [5.74, 6) is -0.377. The first kappa shape index (κ1) is 25.1. The van der Waals surface area contributed by atoms with E-state index in [1.54, 1.807) is 17.0 Å². The Kier molecular flexibility index (Phi) is 7.00. The molecule has 1 aliphatic heterocycles. The molecule has 0 bridgehead atoms. The van der Waals surface area contributed by atoms with Crippen molar-refractivity contribution < 1.29 is 9.18 Å². The molecule has 1 fully saturated rings. The molecule has 2 amide bonds. The van der Waals surface area contributed by atoms with Crippen molar-refractivity contribution in [1.82, 2.24) is 19.2 Å². The molecular weight excluding hydrogens is 513 g/mol. The molecule has 3 heterocycles. The second kappa shape index (κ2) is 10.9. The maximum absolute atomic E-state index is 13.5. The van der Waals surface area contributed by atoms with Crippen molar-refractivity contribution in [2.24, 2.45) is 0 Å². The van der Waals surface area contributed by atoms with Crippen LogP contribution < -0.4 is 5.32 Å². The summed E-state index contributed by atoms with van der Waals surface area (Å²) in [5, 5.41) is 3.48. The van der Waals surface area contributed by atoms with Crippen LogP contribution in [0.15, 0.2) is 97.2 Å². The van der Waals surface area contributed by atoms with Crippen molar-refractivity contribution in [2.75, 3.05) is 31.5 Å². The van der Waals surface area contributed by atoms with Gasteiger partial charge in [0.1, 0.15) is 11.5 Å². The lowest BCUT2D eigenvalue weighted by Gasteiger charge is -2.34. The lowest BCUT2D eigenvalue weighted by atomic mass is 10.1. The number of fused-ring (bicyclic) bond motifs is 1. The van der Waals surface area contributed by atoms with Gasteiger partial charge >= 0.3 is 6.03 Å². The van der Waals surface area contributed by atoms with E-state index in [0.717, 1.165) is 33.7 Å². The average Bonchev–Trinajstić information content (AvgIpc) is 3.31. The van der Waals surface area contributed by atoms with Gasteiger partial charge in [-0.15, -0.1) is 0 Å². The van der Waals surface area contributed by atoms with Crippen LogP contribution in [0.25, 0.3) is 28.0 Å². The molecule has 0 unspecified atom stereocenters. The third-order valence-corrected chi connectivity index (χ3v) is 7.30. The summed E-state index contributed by atoms with van der Waals surface area (Å²) in [4.78, 5) is 21.9. The molecular formula is C31H27ClFN5O. The van der Waals surface area contributed by atoms with E-state index in [-0.39, 0.29) is 11.8 Å². The van der Waals surface area contributed by atoms with E-state index in [2.05, 4.69) is 45.1 Å². The highest BCUT2D eigenvalue weighted by atomic mass is 35.5. The number of anilines is 1. The summed E-state index contributed by atoms with van der Waals surface area (Å²) >= 11 is 6.17. The van der Waals surface area contributed by atoms with Gasteiger partial charge in [-0.05, 0) is 53.6 Å². The second-order valence-electron chi connectivity index (χ2n) is 9.63. The molecule has 6 nitrogen and oxygen atoms in total. The van der Waals surface area contributed by atoms with E-state index in [4.69, 9.17) is 16.6 Å². The van der Waals surface area contributed by atoms with Gasteiger partial charge in [0.15, 0.2) is 0 Å². The number of benzene rings is 3. The van der Waals surface area contributed by atoms with Crippen molar-refractivity contribution >= 4 is 29.0 Å². The number of urea groups is 1. The number of nitrogens with one attached hydrogen (secondary N) is 1. The zero-order valence-corrected chi connectivity index (χ0v) is 22.0. The minimum absolute atomic E-state index is 0.218. The van der Waals surface area contributed by atoms with E-state index >= 15 is 0 Å². The third-order valence-electron chi connectivity index (χ3n) is 7.05. The number of piperazine rings is 1. The zero-order chi connectivity index (χ0) is 26.8. The molecule has 0 saturated carbocycles. The van der Waals surface area contributed by atoms with Gasteiger partial charge < -0.3 is 14.6 Å². The summed E-state index contributed by atoms with van der Waals surface area (Å²) in [7, 11) is 0. The van der Waals surface area contributed by atoms with E-state index in [1.807, 2.05) is 42.5 Å². The number of rotatable bonds is 5. The summed E-state index contributed by atoms with van der Waals surface area (Å²) in [6, 6.07) is 28.0. The lowest BCUT2D eigenvalue weighted by Crippen LogP contribution is -2.49. The first-order valence-electron chi connectivity index (χ1n) is 12.9. The highest BCUT2D eigenvalue weighted by Crippen LogP contribution is 2.29. The van der Waals surface area contributed by atoms with Crippen LogP contribution in [0.2, 0.25) is 5.02 Å². The summed E-state index contributed by atoms with van der Waals surface area (Å²) in [6.07, 6.45) is 2.15. The fourth-order valence-corrected chi connectivity index (χ4v) is 5.10. The van der Waals surface area contributed by atoms with Gasteiger partial charge in [0.2, 0.25) is 0 Å². The molecule has 1 saturated heterocycles. The monoisotopic (exact) mass is 539 g/mol. The van der Waals surface area contributed by atoms with Gasteiger partial charge in [-0.2, -0.15) is 0 Å². The van der Waals surface area contributed by atoms with Crippen molar-refractivity contribution in [3.05, 3.63) is 114 Å². The Morgan fingerprint density at radius 1 is 0.846 bits per heavy atom. The van der Waals surface area contributed by atoms with Gasteiger partial charge in [-0.1, -0.05) is 60.1 Å².